The van der Waals surface area contributed by atoms with E-state index in [4.69, 9.17) is 22.1 Å². The van der Waals surface area contributed by atoms with Crippen LogP contribution in [0.3, 0.4) is 0 Å². The third-order valence-electron chi connectivity index (χ3n) is 4.72. The van der Waals surface area contributed by atoms with E-state index in [1.807, 2.05) is 32.9 Å². The Morgan fingerprint density at radius 1 is 1.42 bits per heavy atom. The number of anilines is 2. The summed E-state index contributed by atoms with van der Waals surface area (Å²) in [4.78, 5) is 14.2. The van der Waals surface area contributed by atoms with Crippen molar-refractivity contribution in [2.45, 2.75) is 57.7 Å². The number of nitrogens with two attached hydrogens (primary N) is 1. The largest absolute Gasteiger partial charge is 0.460 e. The van der Waals surface area contributed by atoms with Gasteiger partial charge >= 0.3 is 5.97 Å². The normalized spacial score (nSPS) is 17.6. The van der Waals surface area contributed by atoms with E-state index in [1.54, 1.807) is 6.07 Å². The van der Waals surface area contributed by atoms with Crippen LogP contribution in [0.1, 0.15) is 46.5 Å². The topological polar surface area (TPSA) is 75.8 Å². The Labute approximate surface area is 148 Å². The van der Waals surface area contributed by atoms with Crippen LogP contribution in [0.25, 0.3) is 0 Å². The predicted octanol–water partition coefficient (Wildman–Crippen LogP) is 3.38. The fourth-order valence-electron chi connectivity index (χ4n) is 2.81. The van der Waals surface area contributed by atoms with Crippen molar-refractivity contribution in [1.82, 2.24) is 0 Å². The summed E-state index contributed by atoms with van der Waals surface area (Å²) in [5, 5.41) is 11.3. The summed E-state index contributed by atoms with van der Waals surface area (Å²) in [5.74, 6) is -0.344. The molecule has 1 aromatic rings. The zero-order valence-corrected chi connectivity index (χ0v) is 15.4. The van der Waals surface area contributed by atoms with E-state index in [1.165, 1.54) is 0 Å². The molecule has 1 aliphatic rings. The Bertz CT molecular complexity index is 596. The number of esters is 1. The molecule has 0 saturated carbocycles. The SMILES string of the molecule is CCC(C)(C)OC(=O)CC1(O)CCN(c2ccc(N)cc2Cl)CC1. The highest BCUT2D eigenvalue weighted by atomic mass is 35.5. The molecule has 0 unspecified atom stereocenters. The molecule has 0 aromatic heterocycles. The fourth-order valence-corrected chi connectivity index (χ4v) is 3.11. The van der Waals surface area contributed by atoms with E-state index in [0.29, 0.717) is 36.6 Å². The molecule has 24 heavy (non-hydrogen) atoms. The van der Waals surface area contributed by atoms with E-state index in [9.17, 15) is 9.90 Å². The Morgan fingerprint density at radius 2 is 2.04 bits per heavy atom. The summed E-state index contributed by atoms with van der Waals surface area (Å²) in [5.41, 5.74) is 5.74. The van der Waals surface area contributed by atoms with Crippen LogP contribution in [0, 0.1) is 0 Å². The summed E-state index contributed by atoms with van der Waals surface area (Å²) < 4.78 is 5.45. The summed E-state index contributed by atoms with van der Waals surface area (Å²) in [6, 6.07) is 5.42. The van der Waals surface area contributed by atoms with Crippen molar-refractivity contribution in [3.8, 4) is 0 Å². The molecule has 6 heteroatoms. The highest BCUT2D eigenvalue weighted by Crippen LogP contribution is 2.34. The minimum Gasteiger partial charge on any atom is -0.460 e. The standard InChI is InChI=1S/C18H27ClN2O3/c1-4-17(2,3)24-16(22)12-18(23)7-9-21(10-8-18)15-6-5-13(20)11-14(15)19/h5-6,11,23H,4,7-10,12,20H2,1-3H3. The number of carbonyl (C=O) groups is 1. The van der Waals surface area contributed by atoms with Crippen LogP contribution in [0.4, 0.5) is 11.4 Å². The van der Waals surface area contributed by atoms with Crippen molar-refractivity contribution < 1.29 is 14.6 Å². The van der Waals surface area contributed by atoms with E-state index < -0.39 is 11.2 Å². The van der Waals surface area contributed by atoms with Gasteiger partial charge in [-0.2, -0.15) is 0 Å². The Balaban J connectivity index is 1.94. The van der Waals surface area contributed by atoms with Crippen LogP contribution in [0.15, 0.2) is 18.2 Å². The molecule has 0 bridgehead atoms. The number of rotatable bonds is 5. The van der Waals surface area contributed by atoms with Crippen LogP contribution in [0.5, 0.6) is 0 Å². The number of piperidine rings is 1. The Kier molecular flexibility index (Phi) is 5.66. The lowest BCUT2D eigenvalue weighted by Gasteiger charge is -2.39. The highest BCUT2D eigenvalue weighted by Gasteiger charge is 2.36. The van der Waals surface area contributed by atoms with Gasteiger partial charge in [0.25, 0.3) is 0 Å². The summed E-state index contributed by atoms with van der Waals surface area (Å²) in [6.07, 6.45) is 1.76. The first-order valence-electron chi connectivity index (χ1n) is 8.38. The number of carbonyl (C=O) groups excluding carboxylic acids is 1. The third kappa shape index (κ3) is 4.77. The van der Waals surface area contributed by atoms with Gasteiger partial charge in [-0.3, -0.25) is 4.79 Å². The van der Waals surface area contributed by atoms with Gasteiger partial charge < -0.3 is 20.5 Å². The number of hydrogen-bond acceptors (Lipinski definition) is 5. The highest BCUT2D eigenvalue weighted by molar-refractivity contribution is 6.33. The lowest BCUT2D eigenvalue weighted by atomic mass is 9.88. The van der Waals surface area contributed by atoms with Crippen LogP contribution < -0.4 is 10.6 Å². The quantitative estimate of drug-likeness (QED) is 0.626. The maximum Gasteiger partial charge on any atom is 0.309 e. The molecule has 3 N–H and O–H groups in total. The van der Waals surface area contributed by atoms with Crippen LogP contribution in [0.2, 0.25) is 5.02 Å². The first kappa shape index (κ1) is 18.9. The molecule has 1 fully saturated rings. The second-order valence-electron chi connectivity index (χ2n) is 7.19. The van der Waals surface area contributed by atoms with Crippen LogP contribution in [-0.2, 0) is 9.53 Å². The molecule has 134 valence electrons. The zero-order valence-electron chi connectivity index (χ0n) is 14.6. The maximum absolute atomic E-state index is 12.1. The average molecular weight is 355 g/mol. The first-order chi connectivity index (χ1) is 11.1. The smallest absolute Gasteiger partial charge is 0.309 e. The summed E-state index contributed by atoms with van der Waals surface area (Å²) in [6.45, 7) is 6.98. The molecule has 1 aromatic carbocycles. The molecule has 0 spiro atoms. The molecule has 0 amide bonds. The number of aliphatic hydroxyl groups is 1. The van der Waals surface area contributed by atoms with Crippen molar-refractivity contribution in [3.63, 3.8) is 0 Å². The first-order valence-corrected chi connectivity index (χ1v) is 8.76. The molecule has 1 heterocycles. The fraction of sp³-hybridized carbons (Fsp3) is 0.611. The van der Waals surface area contributed by atoms with Crippen molar-refractivity contribution in [2.24, 2.45) is 0 Å². The molecule has 1 aliphatic heterocycles. The molecule has 0 atom stereocenters. The van der Waals surface area contributed by atoms with Crippen molar-refractivity contribution in [3.05, 3.63) is 23.2 Å². The summed E-state index contributed by atoms with van der Waals surface area (Å²) in [7, 11) is 0. The van der Waals surface area contributed by atoms with E-state index in [0.717, 1.165) is 12.1 Å². The predicted molar refractivity (Wildman–Crippen MR) is 97.3 cm³/mol. The molecule has 2 rings (SSSR count). The molecular weight excluding hydrogens is 328 g/mol. The van der Waals surface area contributed by atoms with Crippen LogP contribution in [-0.4, -0.2) is 35.4 Å². The van der Waals surface area contributed by atoms with E-state index in [-0.39, 0.29) is 12.4 Å². The van der Waals surface area contributed by atoms with Gasteiger partial charge in [0.1, 0.15) is 5.60 Å². The number of halogens is 1. The number of benzene rings is 1. The number of nitrogens with zero attached hydrogens (tertiary/aromatic N) is 1. The molecule has 0 radical (unpaired) electrons. The average Bonchev–Trinajstić information content (AvgIpc) is 2.47. The van der Waals surface area contributed by atoms with Gasteiger partial charge in [0.05, 0.1) is 22.7 Å². The molecule has 5 nitrogen and oxygen atoms in total. The Morgan fingerprint density at radius 3 is 2.58 bits per heavy atom. The van der Waals surface area contributed by atoms with Gasteiger partial charge in [0.15, 0.2) is 0 Å². The number of ether oxygens (including phenoxy) is 1. The van der Waals surface area contributed by atoms with Gasteiger partial charge in [0.2, 0.25) is 0 Å². The second kappa shape index (κ2) is 7.19. The summed E-state index contributed by atoms with van der Waals surface area (Å²) >= 11 is 6.25. The van der Waals surface area contributed by atoms with Crippen LogP contribution >= 0.6 is 11.6 Å². The molecular formula is C18H27ClN2O3. The van der Waals surface area contributed by atoms with Gasteiger partial charge in [-0.1, -0.05) is 18.5 Å². The lowest BCUT2D eigenvalue weighted by Crippen LogP contribution is -2.46. The van der Waals surface area contributed by atoms with Gasteiger partial charge in [-0.05, 0) is 51.3 Å². The zero-order chi connectivity index (χ0) is 18.0. The maximum atomic E-state index is 12.1. The second-order valence-corrected chi connectivity index (χ2v) is 7.59. The molecule has 1 saturated heterocycles. The number of hydrogen-bond donors (Lipinski definition) is 2. The Hall–Kier alpha value is -1.46. The number of nitrogen functional groups attached to an aromatic ring is 1. The third-order valence-corrected chi connectivity index (χ3v) is 5.02. The monoisotopic (exact) mass is 354 g/mol. The minimum absolute atomic E-state index is 0.0275. The van der Waals surface area contributed by atoms with Crippen molar-refractivity contribution >= 4 is 28.9 Å². The van der Waals surface area contributed by atoms with Gasteiger partial charge in [-0.15, -0.1) is 0 Å². The minimum atomic E-state index is -1.02. The van der Waals surface area contributed by atoms with Gasteiger partial charge in [0, 0.05) is 18.8 Å². The van der Waals surface area contributed by atoms with Crippen molar-refractivity contribution in [1.29, 1.82) is 0 Å². The van der Waals surface area contributed by atoms with Gasteiger partial charge in [-0.25, -0.2) is 0 Å². The molecule has 0 aliphatic carbocycles. The van der Waals surface area contributed by atoms with E-state index in [2.05, 4.69) is 4.90 Å². The van der Waals surface area contributed by atoms with E-state index >= 15 is 0 Å². The van der Waals surface area contributed by atoms with Crippen molar-refractivity contribution in [2.75, 3.05) is 23.7 Å². The lowest BCUT2D eigenvalue weighted by molar-refractivity contribution is -0.162.